The summed E-state index contributed by atoms with van der Waals surface area (Å²) in [5.41, 5.74) is 2.42. The van der Waals surface area contributed by atoms with Crippen LogP contribution in [0.5, 0.6) is 0 Å². The normalized spacial score (nSPS) is 25.0. The summed E-state index contributed by atoms with van der Waals surface area (Å²) in [6.07, 6.45) is 0.205. The van der Waals surface area contributed by atoms with Gasteiger partial charge in [0, 0.05) is 40.5 Å². The van der Waals surface area contributed by atoms with E-state index in [1.165, 1.54) is 0 Å². The van der Waals surface area contributed by atoms with Crippen molar-refractivity contribution in [2.24, 2.45) is 0 Å². The second-order valence-electron chi connectivity index (χ2n) is 8.09. The molecule has 2 heterocycles. The quantitative estimate of drug-likeness (QED) is 0.558. The molecule has 156 valence electrons. The number of carbonyl (C=O) groups is 2. The summed E-state index contributed by atoms with van der Waals surface area (Å²) in [5.74, 6) is -0.874. The molecule has 2 aliphatic rings. The third-order valence-electron chi connectivity index (χ3n) is 6.50. The largest absolute Gasteiger partial charge is 0.355 e. The summed E-state index contributed by atoms with van der Waals surface area (Å²) in [7, 11) is 0. The maximum Gasteiger partial charge on any atom is 0.236 e. The number of anilines is 1. The lowest BCUT2D eigenvalue weighted by atomic mass is 9.59. The van der Waals surface area contributed by atoms with Crippen LogP contribution in [0.15, 0.2) is 72.8 Å². The van der Waals surface area contributed by atoms with Gasteiger partial charge in [-0.25, -0.2) is 0 Å². The molecule has 3 aromatic carbocycles. The highest BCUT2D eigenvalue weighted by Gasteiger charge is 2.59. The molecule has 31 heavy (non-hydrogen) atoms. The highest BCUT2D eigenvalue weighted by Crippen LogP contribution is 2.57. The van der Waals surface area contributed by atoms with Gasteiger partial charge in [-0.1, -0.05) is 71.7 Å². The van der Waals surface area contributed by atoms with E-state index >= 15 is 0 Å². The summed E-state index contributed by atoms with van der Waals surface area (Å²) < 4.78 is 0. The molecule has 3 atom stereocenters. The molecular weight excluding hydrogens is 431 g/mol. The van der Waals surface area contributed by atoms with Gasteiger partial charge in [0.15, 0.2) is 0 Å². The van der Waals surface area contributed by atoms with Crippen LogP contribution >= 0.6 is 23.2 Å². The molecule has 0 aliphatic carbocycles. The van der Waals surface area contributed by atoms with Gasteiger partial charge in [-0.2, -0.15) is 0 Å². The molecule has 0 aromatic heterocycles. The monoisotopic (exact) mass is 450 g/mol. The zero-order valence-corrected chi connectivity index (χ0v) is 18.1. The number of nitrogens with one attached hydrogen (secondary N) is 2. The van der Waals surface area contributed by atoms with Crippen molar-refractivity contribution in [1.82, 2.24) is 5.32 Å². The lowest BCUT2D eigenvalue weighted by Crippen LogP contribution is -2.46. The van der Waals surface area contributed by atoms with E-state index in [9.17, 15) is 9.59 Å². The van der Waals surface area contributed by atoms with E-state index in [-0.39, 0.29) is 30.1 Å². The lowest BCUT2D eigenvalue weighted by Gasteiger charge is -2.40. The van der Waals surface area contributed by atoms with Gasteiger partial charge >= 0.3 is 0 Å². The highest BCUT2D eigenvalue weighted by atomic mass is 35.5. The van der Waals surface area contributed by atoms with Crippen molar-refractivity contribution in [3.8, 4) is 0 Å². The molecule has 2 aliphatic heterocycles. The molecule has 0 bridgehead atoms. The van der Waals surface area contributed by atoms with Crippen molar-refractivity contribution < 1.29 is 9.59 Å². The lowest BCUT2D eigenvalue weighted by molar-refractivity contribution is -0.123. The molecule has 1 spiro atoms. The van der Waals surface area contributed by atoms with Gasteiger partial charge in [0.25, 0.3) is 0 Å². The smallest absolute Gasteiger partial charge is 0.236 e. The van der Waals surface area contributed by atoms with Crippen LogP contribution in [0.1, 0.15) is 34.9 Å². The first kappa shape index (κ1) is 20.1. The maximum absolute atomic E-state index is 13.9. The minimum atomic E-state index is -0.995. The van der Waals surface area contributed by atoms with Crippen molar-refractivity contribution >= 4 is 40.7 Å². The van der Waals surface area contributed by atoms with E-state index in [1.807, 2.05) is 60.7 Å². The topological polar surface area (TPSA) is 58.2 Å². The standard InChI is InChI=1S/C25H20Cl2N2O2/c26-17-8-4-7-16(11-17)21-14-28-23(30)13-20(15-5-2-1-3-6-15)25(21)19-10-9-18(27)12-22(19)29-24(25)31/h1-12,20-21H,13-14H2,(H,28,30)(H,29,31)/t20-,21+,25-/m1/s1. The Morgan fingerprint density at radius 3 is 2.32 bits per heavy atom. The first-order valence-electron chi connectivity index (χ1n) is 10.2. The molecule has 3 aromatic rings. The molecule has 0 unspecified atom stereocenters. The Balaban J connectivity index is 1.83. The Morgan fingerprint density at radius 1 is 0.806 bits per heavy atom. The van der Waals surface area contributed by atoms with Crippen LogP contribution in [0.3, 0.4) is 0 Å². The number of benzene rings is 3. The minimum Gasteiger partial charge on any atom is -0.355 e. The zero-order chi connectivity index (χ0) is 21.6. The Kier molecular flexibility index (Phi) is 4.99. The fourth-order valence-corrected chi connectivity index (χ4v) is 5.60. The van der Waals surface area contributed by atoms with Crippen molar-refractivity contribution in [2.75, 3.05) is 11.9 Å². The number of carbonyl (C=O) groups excluding carboxylic acids is 2. The fraction of sp³-hybridized carbons (Fsp3) is 0.200. The predicted molar refractivity (Wildman–Crippen MR) is 123 cm³/mol. The summed E-state index contributed by atoms with van der Waals surface area (Å²) in [5, 5.41) is 7.24. The number of halogens is 2. The van der Waals surface area contributed by atoms with E-state index in [4.69, 9.17) is 23.2 Å². The summed E-state index contributed by atoms with van der Waals surface area (Å²) >= 11 is 12.6. The van der Waals surface area contributed by atoms with Crippen LogP contribution in [0.4, 0.5) is 5.69 Å². The third-order valence-corrected chi connectivity index (χ3v) is 6.97. The van der Waals surface area contributed by atoms with Gasteiger partial charge in [0.05, 0.1) is 5.41 Å². The summed E-state index contributed by atoms with van der Waals surface area (Å²) in [6.45, 7) is 0.331. The molecule has 2 amide bonds. The Hall–Kier alpha value is -2.82. The van der Waals surface area contributed by atoms with Crippen LogP contribution in [0.2, 0.25) is 10.0 Å². The first-order chi connectivity index (χ1) is 15.0. The van der Waals surface area contributed by atoms with E-state index < -0.39 is 5.41 Å². The van der Waals surface area contributed by atoms with Gasteiger partial charge in [-0.05, 0) is 41.0 Å². The molecule has 2 N–H and O–H groups in total. The Bertz CT molecular complexity index is 1180. The van der Waals surface area contributed by atoms with Gasteiger partial charge in [-0.15, -0.1) is 0 Å². The maximum atomic E-state index is 13.9. The molecule has 6 heteroatoms. The van der Waals surface area contributed by atoms with Crippen molar-refractivity contribution in [2.45, 2.75) is 23.7 Å². The van der Waals surface area contributed by atoms with Crippen LogP contribution in [-0.4, -0.2) is 18.4 Å². The molecule has 1 saturated heterocycles. The number of amides is 2. The molecule has 1 fully saturated rings. The summed E-state index contributed by atoms with van der Waals surface area (Å²) in [4.78, 5) is 26.7. The van der Waals surface area contributed by atoms with Gasteiger partial charge in [0.1, 0.15) is 0 Å². The molecular formula is C25H20Cl2N2O2. The fourth-order valence-electron chi connectivity index (χ4n) is 5.23. The summed E-state index contributed by atoms with van der Waals surface area (Å²) in [6, 6.07) is 22.8. The predicted octanol–water partition coefficient (Wildman–Crippen LogP) is 5.27. The van der Waals surface area contributed by atoms with E-state index in [0.29, 0.717) is 22.3 Å². The Labute approximate surface area is 190 Å². The molecule has 4 nitrogen and oxygen atoms in total. The second kappa shape index (κ2) is 7.70. The Morgan fingerprint density at radius 2 is 1.55 bits per heavy atom. The first-order valence-corrected chi connectivity index (χ1v) is 10.9. The zero-order valence-electron chi connectivity index (χ0n) is 16.6. The van der Waals surface area contributed by atoms with Gasteiger partial charge < -0.3 is 10.6 Å². The molecule has 0 saturated carbocycles. The SMILES string of the molecule is O=C1C[C@H](c2ccccc2)[C@@]2(C(=O)Nc3cc(Cl)ccc32)[C@H](c2cccc(Cl)c2)CN1. The number of hydrogen-bond donors (Lipinski definition) is 2. The van der Waals surface area contributed by atoms with Crippen molar-refractivity contribution in [1.29, 1.82) is 0 Å². The average molecular weight is 451 g/mol. The molecule has 5 rings (SSSR count). The minimum absolute atomic E-state index is 0.0760. The average Bonchev–Trinajstić information content (AvgIpc) is 2.93. The molecule has 0 radical (unpaired) electrons. The highest BCUT2D eigenvalue weighted by molar-refractivity contribution is 6.31. The van der Waals surface area contributed by atoms with Crippen LogP contribution in [0.25, 0.3) is 0 Å². The van der Waals surface area contributed by atoms with Crippen LogP contribution in [0, 0.1) is 0 Å². The van der Waals surface area contributed by atoms with E-state index in [0.717, 1.165) is 16.7 Å². The van der Waals surface area contributed by atoms with E-state index in [2.05, 4.69) is 10.6 Å². The third kappa shape index (κ3) is 3.22. The number of fused-ring (bicyclic) bond motifs is 2. The van der Waals surface area contributed by atoms with Crippen molar-refractivity contribution in [3.63, 3.8) is 0 Å². The van der Waals surface area contributed by atoms with Crippen LogP contribution in [-0.2, 0) is 15.0 Å². The van der Waals surface area contributed by atoms with Crippen LogP contribution < -0.4 is 10.6 Å². The van der Waals surface area contributed by atoms with Gasteiger partial charge in [0.2, 0.25) is 11.8 Å². The van der Waals surface area contributed by atoms with Gasteiger partial charge in [-0.3, -0.25) is 9.59 Å². The van der Waals surface area contributed by atoms with Crippen molar-refractivity contribution in [3.05, 3.63) is 99.5 Å². The number of rotatable bonds is 2. The number of hydrogen-bond acceptors (Lipinski definition) is 2. The van der Waals surface area contributed by atoms with E-state index in [1.54, 1.807) is 12.1 Å². The second-order valence-corrected chi connectivity index (χ2v) is 8.96.